The van der Waals surface area contributed by atoms with Crippen molar-refractivity contribution >= 4 is 15.9 Å². The summed E-state index contributed by atoms with van der Waals surface area (Å²) in [4.78, 5) is 2.24. The van der Waals surface area contributed by atoms with Crippen molar-refractivity contribution in [3.8, 4) is 0 Å². The standard InChI is InChI=1S/C14H18N2O3S/c17-10-9-16(11-5-1-2-6-11)14-12-7-3-4-8-13(12)20(18,19)15-14/h3-4,7-8,11,17H,1-2,5-6,9-10H2. The van der Waals surface area contributed by atoms with Crippen LogP contribution in [0.25, 0.3) is 0 Å². The van der Waals surface area contributed by atoms with Crippen molar-refractivity contribution in [3.05, 3.63) is 29.8 Å². The van der Waals surface area contributed by atoms with Crippen LogP contribution in [0.15, 0.2) is 33.6 Å². The maximum atomic E-state index is 12.1. The summed E-state index contributed by atoms with van der Waals surface area (Å²) in [5.41, 5.74) is 0.660. The average Bonchev–Trinajstić information content (AvgIpc) is 3.04. The normalized spacial score (nSPS) is 20.8. The molecule has 0 aromatic heterocycles. The highest BCUT2D eigenvalue weighted by atomic mass is 32.2. The lowest BCUT2D eigenvalue weighted by Gasteiger charge is -2.30. The molecule has 1 fully saturated rings. The smallest absolute Gasteiger partial charge is 0.285 e. The molecule has 20 heavy (non-hydrogen) atoms. The molecule has 0 unspecified atom stereocenters. The predicted molar refractivity (Wildman–Crippen MR) is 76.2 cm³/mol. The maximum absolute atomic E-state index is 12.1. The van der Waals surface area contributed by atoms with Crippen LogP contribution in [0.2, 0.25) is 0 Å². The molecule has 0 radical (unpaired) electrons. The number of fused-ring (bicyclic) bond motifs is 1. The molecule has 108 valence electrons. The second kappa shape index (κ2) is 5.18. The number of nitrogens with zero attached hydrogens (tertiary/aromatic N) is 2. The van der Waals surface area contributed by atoms with E-state index in [1.807, 2.05) is 11.0 Å². The molecule has 5 nitrogen and oxygen atoms in total. The molecule has 1 aromatic rings. The lowest BCUT2D eigenvalue weighted by molar-refractivity contribution is 0.220. The number of hydrogen-bond acceptors (Lipinski definition) is 4. The third kappa shape index (κ3) is 2.23. The van der Waals surface area contributed by atoms with Gasteiger partial charge >= 0.3 is 0 Å². The zero-order chi connectivity index (χ0) is 14.2. The molecule has 6 heteroatoms. The Morgan fingerprint density at radius 1 is 1.25 bits per heavy atom. The minimum Gasteiger partial charge on any atom is -0.395 e. The summed E-state index contributed by atoms with van der Waals surface area (Å²) in [5.74, 6) is 0.501. The van der Waals surface area contributed by atoms with E-state index in [9.17, 15) is 13.5 Å². The number of rotatable bonds is 3. The average molecular weight is 294 g/mol. The summed E-state index contributed by atoms with van der Waals surface area (Å²) >= 11 is 0. The van der Waals surface area contributed by atoms with Crippen molar-refractivity contribution in [2.24, 2.45) is 4.40 Å². The van der Waals surface area contributed by atoms with E-state index in [0.29, 0.717) is 17.9 Å². The number of aliphatic hydroxyl groups is 1. The van der Waals surface area contributed by atoms with E-state index in [2.05, 4.69) is 4.40 Å². The van der Waals surface area contributed by atoms with Crippen LogP contribution in [0, 0.1) is 0 Å². The van der Waals surface area contributed by atoms with Gasteiger partial charge in [-0.25, -0.2) is 0 Å². The highest BCUT2D eigenvalue weighted by molar-refractivity contribution is 7.90. The van der Waals surface area contributed by atoms with Gasteiger partial charge < -0.3 is 10.0 Å². The fourth-order valence-corrected chi connectivity index (χ4v) is 4.30. The summed E-state index contributed by atoms with van der Waals surface area (Å²) in [5, 5.41) is 9.29. The topological polar surface area (TPSA) is 70.0 Å². The Bertz CT molecular complexity index is 634. The minimum atomic E-state index is -3.58. The van der Waals surface area contributed by atoms with Crippen molar-refractivity contribution in [2.75, 3.05) is 13.2 Å². The van der Waals surface area contributed by atoms with E-state index in [-0.39, 0.29) is 17.5 Å². The van der Waals surface area contributed by atoms with Crippen LogP contribution in [-0.2, 0) is 10.0 Å². The summed E-state index contributed by atoms with van der Waals surface area (Å²) in [7, 11) is -3.58. The minimum absolute atomic E-state index is 0.00225. The lowest BCUT2D eigenvalue weighted by Crippen LogP contribution is -2.40. The van der Waals surface area contributed by atoms with E-state index in [4.69, 9.17) is 0 Å². The second-order valence-electron chi connectivity index (χ2n) is 5.24. The Morgan fingerprint density at radius 2 is 1.95 bits per heavy atom. The molecule has 1 aromatic carbocycles. The van der Waals surface area contributed by atoms with Gasteiger partial charge in [0.25, 0.3) is 10.0 Å². The number of sulfonamides is 1. The lowest BCUT2D eigenvalue weighted by atomic mass is 10.1. The number of hydrogen-bond donors (Lipinski definition) is 1. The first-order valence-electron chi connectivity index (χ1n) is 6.95. The van der Waals surface area contributed by atoms with Crippen LogP contribution in [-0.4, -0.2) is 43.5 Å². The third-order valence-electron chi connectivity index (χ3n) is 3.99. The van der Waals surface area contributed by atoms with Gasteiger partial charge in [0.05, 0.1) is 6.61 Å². The molecule has 0 spiro atoms. The van der Waals surface area contributed by atoms with Crippen molar-refractivity contribution in [1.29, 1.82) is 0 Å². The first-order chi connectivity index (χ1) is 9.63. The van der Waals surface area contributed by atoms with Crippen LogP contribution < -0.4 is 0 Å². The predicted octanol–water partition coefficient (Wildman–Crippen LogP) is 1.37. The van der Waals surface area contributed by atoms with E-state index in [1.165, 1.54) is 0 Å². The zero-order valence-electron chi connectivity index (χ0n) is 11.2. The van der Waals surface area contributed by atoms with Gasteiger partial charge in [0.15, 0.2) is 5.84 Å². The van der Waals surface area contributed by atoms with Gasteiger partial charge in [0, 0.05) is 18.2 Å². The molecule has 1 saturated carbocycles. The van der Waals surface area contributed by atoms with Gasteiger partial charge in [-0.1, -0.05) is 25.0 Å². The summed E-state index contributed by atoms with van der Waals surface area (Å²) in [6.45, 7) is 0.422. The van der Waals surface area contributed by atoms with Crippen LogP contribution in [0.4, 0.5) is 0 Å². The highest BCUT2D eigenvalue weighted by Gasteiger charge is 2.34. The SMILES string of the molecule is O=S1(=O)N=C(N(CCO)C2CCCC2)c2ccccc21. The molecule has 0 saturated heterocycles. The maximum Gasteiger partial charge on any atom is 0.285 e. The molecule has 1 aliphatic carbocycles. The highest BCUT2D eigenvalue weighted by Crippen LogP contribution is 2.31. The van der Waals surface area contributed by atoms with Gasteiger partial charge in [-0.3, -0.25) is 0 Å². The van der Waals surface area contributed by atoms with E-state index in [1.54, 1.807) is 18.2 Å². The summed E-state index contributed by atoms with van der Waals surface area (Å²) < 4.78 is 28.2. The second-order valence-corrected chi connectivity index (χ2v) is 6.81. The summed E-state index contributed by atoms with van der Waals surface area (Å²) in [6, 6.07) is 7.19. The molecule has 0 amide bonds. The molecule has 3 rings (SSSR count). The Balaban J connectivity index is 2.03. The fourth-order valence-electron chi connectivity index (χ4n) is 3.08. The largest absolute Gasteiger partial charge is 0.395 e. The van der Waals surface area contributed by atoms with Gasteiger partial charge in [-0.15, -0.1) is 4.40 Å². The fraction of sp³-hybridized carbons (Fsp3) is 0.500. The van der Waals surface area contributed by atoms with E-state index >= 15 is 0 Å². The van der Waals surface area contributed by atoms with Crippen molar-refractivity contribution in [2.45, 2.75) is 36.6 Å². The first-order valence-corrected chi connectivity index (χ1v) is 8.39. The van der Waals surface area contributed by atoms with Gasteiger partial charge in [-0.2, -0.15) is 8.42 Å². The van der Waals surface area contributed by atoms with Crippen molar-refractivity contribution in [3.63, 3.8) is 0 Å². The Morgan fingerprint density at radius 3 is 2.65 bits per heavy atom. The van der Waals surface area contributed by atoms with Gasteiger partial charge in [0.2, 0.25) is 0 Å². The molecule has 1 N–H and O–H groups in total. The van der Waals surface area contributed by atoms with E-state index < -0.39 is 10.0 Å². The Kier molecular flexibility index (Phi) is 3.52. The van der Waals surface area contributed by atoms with E-state index in [0.717, 1.165) is 25.7 Å². The van der Waals surface area contributed by atoms with Gasteiger partial charge in [0.1, 0.15) is 4.90 Å². The first kappa shape index (κ1) is 13.6. The van der Waals surface area contributed by atoms with Gasteiger partial charge in [-0.05, 0) is 25.0 Å². The Labute approximate surface area is 119 Å². The molecular weight excluding hydrogens is 276 g/mol. The zero-order valence-corrected chi connectivity index (χ0v) is 12.0. The van der Waals surface area contributed by atoms with Crippen LogP contribution in [0.1, 0.15) is 31.2 Å². The third-order valence-corrected chi connectivity index (χ3v) is 5.32. The number of aliphatic hydroxyl groups excluding tert-OH is 1. The van der Waals surface area contributed by atoms with Crippen LogP contribution >= 0.6 is 0 Å². The number of benzene rings is 1. The summed E-state index contributed by atoms with van der Waals surface area (Å²) in [6.07, 6.45) is 4.35. The molecule has 1 aliphatic heterocycles. The molecular formula is C14H18N2O3S. The number of amidine groups is 1. The monoisotopic (exact) mass is 294 g/mol. The quantitative estimate of drug-likeness (QED) is 0.914. The van der Waals surface area contributed by atoms with Crippen molar-refractivity contribution in [1.82, 2.24) is 4.90 Å². The molecule has 1 heterocycles. The molecule has 0 bridgehead atoms. The van der Waals surface area contributed by atoms with Crippen molar-refractivity contribution < 1.29 is 13.5 Å². The molecule has 2 aliphatic rings. The molecule has 0 atom stereocenters. The van der Waals surface area contributed by atoms with Crippen LogP contribution in [0.3, 0.4) is 0 Å². The van der Waals surface area contributed by atoms with Crippen LogP contribution in [0.5, 0.6) is 0 Å². The Hall–Kier alpha value is -1.40.